The fraction of sp³-hybridized carbons (Fsp3) is 0.250. The highest BCUT2D eigenvalue weighted by Crippen LogP contribution is 2.26. The van der Waals surface area contributed by atoms with E-state index in [2.05, 4.69) is 0 Å². The zero-order valence-electron chi connectivity index (χ0n) is 6.40. The maximum absolute atomic E-state index is 12.9. The molecule has 1 rings (SSSR count). The second kappa shape index (κ2) is 3.85. The molecule has 0 saturated carbocycles. The van der Waals surface area contributed by atoms with Gasteiger partial charge in [-0.05, 0) is 18.1 Å². The van der Waals surface area contributed by atoms with E-state index in [0.717, 1.165) is 0 Å². The third-order valence-corrected chi connectivity index (χ3v) is 2.07. The second-order valence-corrected chi connectivity index (χ2v) is 2.88. The molecule has 0 atom stereocenters. The van der Waals surface area contributed by atoms with E-state index in [1.54, 1.807) is 6.92 Å². The Morgan fingerprint density at radius 2 is 1.92 bits per heavy atom. The average Bonchev–Trinajstić information content (AvgIpc) is 2.10. The Morgan fingerprint density at radius 1 is 1.25 bits per heavy atom. The minimum atomic E-state index is -1.10. The van der Waals surface area contributed by atoms with Gasteiger partial charge in [0.1, 0.15) is 0 Å². The van der Waals surface area contributed by atoms with Crippen molar-refractivity contribution in [3.8, 4) is 0 Å². The number of aryl methyl sites for hydroxylation is 1. The lowest BCUT2D eigenvalue weighted by Gasteiger charge is -2.02. The average molecular weight is 192 g/mol. The Morgan fingerprint density at radius 3 is 2.42 bits per heavy atom. The third-order valence-electron chi connectivity index (χ3n) is 1.59. The van der Waals surface area contributed by atoms with Crippen molar-refractivity contribution in [2.24, 2.45) is 0 Å². The van der Waals surface area contributed by atoms with Crippen molar-refractivity contribution in [3.63, 3.8) is 0 Å². The minimum Gasteiger partial charge on any atom is -0.203 e. The van der Waals surface area contributed by atoms with Crippen LogP contribution in [0.3, 0.4) is 0 Å². The highest BCUT2D eigenvalue weighted by Gasteiger charge is 2.12. The fourth-order valence-electron chi connectivity index (χ4n) is 0.904. The molecule has 1 aromatic carbocycles. The lowest BCUT2D eigenvalue weighted by molar-refractivity contribution is 0.482. The summed E-state index contributed by atoms with van der Waals surface area (Å²) in [5, 5.41) is 0. The van der Waals surface area contributed by atoms with Gasteiger partial charge in [0.15, 0.2) is 11.6 Å². The van der Waals surface area contributed by atoms with Crippen LogP contribution in [-0.2, 0) is 6.42 Å². The van der Waals surface area contributed by atoms with Crippen LogP contribution in [0.1, 0.15) is 12.5 Å². The summed E-state index contributed by atoms with van der Waals surface area (Å²) in [5.74, 6) is -2.04. The maximum atomic E-state index is 12.9. The standard InChI is InChI=1S/C8H7F3S/c1-2-5-3-4-6(12-11)8(10)7(5)9/h3-4H,2H2,1H3. The molecule has 0 amide bonds. The summed E-state index contributed by atoms with van der Waals surface area (Å²) in [4.78, 5) is -0.301. The Labute approximate surface area is 73.1 Å². The van der Waals surface area contributed by atoms with Gasteiger partial charge in [-0.25, -0.2) is 8.78 Å². The summed E-state index contributed by atoms with van der Waals surface area (Å²) in [6.07, 6.45) is 0.403. The molecule has 0 unspecified atom stereocenters. The Bertz CT molecular complexity index is 257. The van der Waals surface area contributed by atoms with Crippen molar-refractivity contribution in [2.45, 2.75) is 18.2 Å². The predicted octanol–water partition coefficient (Wildman–Crippen LogP) is 3.50. The van der Waals surface area contributed by atoms with Crippen LogP contribution in [-0.4, -0.2) is 0 Å². The monoisotopic (exact) mass is 192 g/mol. The van der Waals surface area contributed by atoms with Gasteiger partial charge in [0, 0.05) is 0 Å². The van der Waals surface area contributed by atoms with Crippen molar-refractivity contribution in [2.75, 3.05) is 0 Å². The number of benzene rings is 1. The molecule has 0 nitrogen and oxygen atoms in total. The minimum absolute atomic E-state index is 0.269. The van der Waals surface area contributed by atoms with Gasteiger partial charge in [-0.2, -0.15) is 3.89 Å². The fourth-order valence-corrected chi connectivity index (χ4v) is 1.18. The van der Waals surface area contributed by atoms with E-state index in [0.29, 0.717) is 6.42 Å². The summed E-state index contributed by atoms with van der Waals surface area (Å²) in [6.45, 7) is 1.71. The summed E-state index contributed by atoms with van der Waals surface area (Å²) < 4.78 is 37.6. The zero-order valence-corrected chi connectivity index (χ0v) is 7.22. The van der Waals surface area contributed by atoms with E-state index in [4.69, 9.17) is 0 Å². The maximum Gasteiger partial charge on any atom is 0.175 e. The van der Waals surface area contributed by atoms with Gasteiger partial charge in [-0.15, -0.1) is 0 Å². The molecule has 0 spiro atoms. The summed E-state index contributed by atoms with van der Waals surface area (Å²) in [7, 11) is 0. The predicted molar refractivity (Wildman–Crippen MR) is 42.7 cm³/mol. The van der Waals surface area contributed by atoms with Crippen LogP contribution < -0.4 is 0 Å². The molecule has 0 aromatic heterocycles. The summed E-state index contributed by atoms with van der Waals surface area (Å²) >= 11 is -0.286. The van der Waals surface area contributed by atoms with E-state index < -0.39 is 11.6 Å². The van der Waals surface area contributed by atoms with E-state index in [9.17, 15) is 12.7 Å². The quantitative estimate of drug-likeness (QED) is 0.691. The van der Waals surface area contributed by atoms with E-state index in [1.807, 2.05) is 0 Å². The first-order chi connectivity index (χ1) is 5.70. The van der Waals surface area contributed by atoms with Crippen LogP contribution in [0.4, 0.5) is 12.7 Å². The van der Waals surface area contributed by atoms with Gasteiger partial charge in [-0.3, -0.25) is 0 Å². The number of rotatable bonds is 2. The molecule has 0 saturated heterocycles. The molecule has 12 heavy (non-hydrogen) atoms. The van der Waals surface area contributed by atoms with Gasteiger partial charge in [-0.1, -0.05) is 13.0 Å². The van der Waals surface area contributed by atoms with Crippen LogP contribution in [0.25, 0.3) is 0 Å². The molecule has 66 valence electrons. The Hall–Kier alpha value is -0.640. The number of hydrogen-bond acceptors (Lipinski definition) is 1. The van der Waals surface area contributed by atoms with Crippen molar-refractivity contribution in [3.05, 3.63) is 29.3 Å². The van der Waals surface area contributed by atoms with E-state index >= 15 is 0 Å². The highest BCUT2D eigenvalue weighted by molar-refractivity contribution is 7.94. The third kappa shape index (κ3) is 1.58. The smallest absolute Gasteiger partial charge is 0.175 e. The van der Waals surface area contributed by atoms with Crippen molar-refractivity contribution in [1.29, 1.82) is 0 Å². The van der Waals surface area contributed by atoms with Gasteiger partial charge in [0.25, 0.3) is 0 Å². The van der Waals surface area contributed by atoms with Crippen LogP contribution in [0.5, 0.6) is 0 Å². The molecule has 0 aliphatic rings. The first kappa shape index (κ1) is 9.45. The van der Waals surface area contributed by atoms with Crippen LogP contribution >= 0.6 is 12.1 Å². The first-order valence-corrected chi connectivity index (χ1v) is 4.17. The highest BCUT2D eigenvalue weighted by atomic mass is 32.2. The van der Waals surface area contributed by atoms with Gasteiger partial charge < -0.3 is 0 Å². The molecule has 0 N–H and O–H groups in total. The SMILES string of the molecule is CCc1ccc(SF)c(F)c1F. The van der Waals surface area contributed by atoms with Crippen LogP contribution in [0.15, 0.2) is 17.0 Å². The van der Waals surface area contributed by atoms with E-state index in [1.165, 1.54) is 12.1 Å². The molecule has 0 bridgehead atoms. The Balaban J connectivity index is 3.20. The summed E-state index contributed by atoms with van der Waals surface area (Å²) in [6, 6.07) is 2.63. The molecule has 1 aromatic rings. The van der Waals surface area contributed by atoms with Crippen molar-refractivity contribution >= 4 is 12.1 Å². The van der Waals surface area contributed by atoms with Gasteiger partial charge in [0.2, 0.25) is 0 Å². The van der Waals surface area contributed by atoms with Gasteiger partial charge in [0.05, 0.1) is 17.0 Å². The topological polar surface area (TPSA) is 0 Å². The summed E-state index contributed by atoms with van der Waals surface area (Å²) in [5.41, 5.74) is 0.269. The Kier molecular flexibility index (Phi) is 3.03. The van der Waals surface area contributed by atoms with Crippen LogP contribution in [0, 0.1) is 11.6 Å². The van der Waals surface area contributed by atoms with E-state index in [-0.39, 0.29) is 22.6 Å². The molecule has 0 heterocycles. The number of hydrogen-bond donors (Lipinski definition) is 0. The second-order valence-electron chi connectivity index (χ2n) is 2.28. The first-order valence-electron chi connectivity index (χ1n) is 3.46. The van der Waals surface area contributed by atoms with Gasteiger partial charge >= 0.3 is 0 Å². The zero-order chi connectivity index (χ0) is 9.14. The molecular weight excluding hydrogens is 185 g/mol. The molecule has 4 heteroatoms. The van der Waals surface area contributed by atoms with Crippen molar-refractivity contribution in [1.82, 2.24) is 0 Å². The molecule has 0 aliphatic heterocycles. The van der Waals surface area contributed by atoms with Crippen molar-refractivity contribution < 1.29 is 12.7 Å². The number of halogens is 3. The lowest BCUT2D eigenvalue weighted by atomic mass is 10.1. The normalized spacial score (nSPS) is 10.3. The molecule has 0 fully saturated rings. The largest absolute Gasteiger partial charge is 0.203 e. The molecule has 0 aliphatic carbocycles. The molecule has 0 radical (unpaired) electrons. The lowest BCUT2D eigenvalue weighted by Crippen LogP contribution is -1.93. The molecular formula is C8H7F3S. The van der Waals surface area contributed by atoms with Crippen LogP contribution in [0.2, 0.25) is 0 Å².